The van der Waals surface area contributed by atoms with Crippen LogP contribution in [0.25, 0.3) is 66.2 Å². The Balaban J connectivity index is 1.39. The molecule has 0 aliphatic rings. The summed E-state index contributed by atoms with van der Waals surface area (Å²) in [7, 11) is 0. The van der Waals surface area contributed by atoms with Crippen LogP contribution in [0.4, 0.5) is 0 Å². The summed E-state index contributed by atoms with van der Waals surface area (Å²) in [4.78, 5) is 13.3. The van der Waals surface area contributed by atoms with E-state index in [-0.39, 0.29) is 5.63 Å². The zero-order valence-electron chi connectivity index (χ0n) is 21.2. The van der Waals surface area contributed by atoms with Crippen LogP contribution in [0.2, 0.25) is 0 Å². The molecule has 0 spiro atoms. The molecule has 7 aromatic rings. The van der Waals surface area contributed by atoms with Crippen molar-refractivity contribution in [3.63, 3.8) is 0 Å². The van der Waals surface area contributed by atoms with Gasteiger partial charge in [-0.15, -0.1) is 0 Å². The van der Waals surface area contributed by atoms with E-state index in [9.17, 15) is 4.79 Å². The third-order valence-electron chi connectivity index (χ3n) is 7.32. The second-order valence-corrected chi connectivity index (χ2v) is 9.72. The summed E-state index contributed by atoms with van der Waals surface area (Å²) in [5, 5.41) is 2.42. The molecule has 0 unspecified atom stereocenters. The smallest absolute Gasteiger partial charge is 0.344 e. The van der Waals surface area contributed by atoms with Crippen LogP contribution in [0.3, 0.4) is 0 Å². The predicted octanol–water partition coefficient (Wildman–Crippen LogP) is 9.61. The molecule has 0 radical (unpaired) electrons. The van der Waals surface area contributed by atoms with Crippen LogP contribution in [0, 0.1) is 0 Å². The van der Waals surface area contributed by atoms with Crippen LogP contribution in [0.1, 0.15) is 0 Å². The number of hydrogen-bond acceptors (Lipinski definition) is 2. The lowest BCUT2D eigenvalue weighted by atomic mass is 9.94. The third-order valence-corrected chi connectivity index (χ3v) is 7.32. The Bertz CT molecular complexity index is 2020. The van der Waals surface area contributed by atoms with Crippen LogP contribution in [-0.4, -0.2) is 0 Å². The zero-order valence-corrected chi connectivity index (χ0v) is 21.2. The Morgan fingerprint density at radius 1 is 0.385 bits per heavy atom. The first kappa shape index (κ1) is 22.9. The molecule has 0 aliphatic heterocycles. The molecule has 1 aromatic heterocycles. The number of benzene rings is 6. The van der Waals surface area contributed by atoms with Crippen molar-refractivity contribution in [2.45, 2.75) is 0 Å². The van der Waals surface area contributed by atoms with E-state index >= 15 is 0 Å². The van der Waals surface area contributed by atoms with Crippen molar-refractivity contribution in [2.24, 2.45) is 0 Å². The fraction of sp³-hybridized carbons (Fsp3) is 0. The fourth-order valence-electron chi connectivity index (χ4n) is 5.40. The Morgan fingerprint density at radius 3 is 1.56 bits per heavy atom. The SMILES string of the molecule is O=c1oc2ccc(-c3cccc(-c4ccccc4)c3)cc2c2cccc(-c3cccc(-c4ccccc4)c3)c12. The van der Waals surface area contributed by atoms with Crippen LogP contribution >= 0.6 is 0 Å². The lowest BCUT2D eigenvalue weighted by Crippen LogP contribution is -2.02. The average molecular weight is 501 g/mol. The van der Waals surface area contributed by atoms with Crippen molar-refractivity contribution in [2.75, 3.05) is 0 Å². The average Bonchev–Trinajstić information content (AvgIpc) is 3.02. The molecule has 2 nitrogen and oxygen atoms in total. The Kier molecular flexibility index (Phi) is 5.64. The largest absolute Gasteiger partial charge is 0.422 e. The van der Waals surface area contributed by atoms with E-state index in [1.54, 1.807) is 0 Å². The van der Waals surface area contributed by atoms with Gasteiger partial charge in [0.05, 0.1) is 5.39 Å². The Morgan fingerprint density at radius 2 is 0.897 bits per heavy atom. The fourth-order valence-corrected chi connectivity index (χ4v) is 5.40. The minimum absolute atomic E-state index is 0.322. The van der Waals surface area contributed by atoms with Crippen molar-refractivity contribution in [1.82, 2.24) is 0 Å². The minimum Gasteiger partial charge on any atom is -0.422 e. The standard InChI is InChI=1S/C37H24O2/c38-37-36-32(31-17-8-15-28(23-31)26-12-5-2-6-13-26)18-9-19-33(36)34-24-30(20-21-35(34)39-37)29-16-7-14-27(22-29)25-10-3-1-4-11-25/h1-24H. The third kappa shape index (κ3) is 4.22. The molecule has 0 fully saturated rings. The van der Waals surface area contributed by atoms with Gasteiger partial charge in [-0.2, -0.15) is 0 Å². The van der Waals surface area contributed by atoms with Crippen molar-refractivity contribution in [3.05, 3.63) is 156 Å². The molecule has 7 rings (SSSR count). The summed E-state index contributed by atoms with van der Waals surface area (Å²) in [6.07, 6.45) is 0. The van der Waals surface area contributed by atoms with E-state index in [1.807, 2.05) is 60.7 Å². The van der Waals surface area contributed by atoms with Crippen molar-refractivity contribution < 1.29 is 4.42 Å². The molecule has 184 valence electrons. The maximum Gasteiger partial charge on any atom is 0.344 e. The first-order valence-electron chi connectivity index (χ1n) is 13.1. The van der Waals surface area contributed by atoms with Gasteiger partial charge in [-0.25, -0.2) is 4.79 Å². The minimum atomic E-state index is -0.322. The van der Waals surface area contributed by atoms with Gasteiger partial charge in [-0.1, -0.05) is 121 Å². The summed E-state index contributed by atoms with van der Waals surface area (Å²) in [6.45, 7) is 0. The van der Waals surface area contributed by atoms with Gasteiger partial charge in [-0.05, 0) is 68.8 Å². The van der Waals surface area contributed by atoms with Gasteiger partial charge in [0.1, 0.15) is 5.58 Å². The molecular weight excluding hydrogens is 476 g/mol. The first-order chi connectivity index (χ1) is 19.2. The molecular formula is C37H24O2. The maximum atomic E-state index is 13.3. The highest BCUT2D eigenvalue weighted by atomic mass is 16.4. The van der Waals surface area contributed by atoms with Gasteiger partial charge in [0.15, 0.2) is 0 Å². The lowest BCUT2D eigenvalue weighted by Gasteiger charge is -2.11. The van der Waals surface area contributed by atoms with E-state index in [4.69, 9.17) is 4.42 Å². The van der Waals surface area contributed by atoms with Crippen molar-refractivity contribution >= 4 is 21.7 Å². The topological polar surface area (TPSA) is 30.2 Å². The molecule has 1 heterocycles. The zero-order chi connectivity index (χ0) is 26.2. The summed E-state index contributed by atoms with van der Waals surface area (Å²) >= 11 is 0. The van der Waals surface area contributed by atoms with Gasteiger partial charge >= 0.3 is 5.63 Å². The number of rotatable bonds is 4. The van der Waals surface area contributed by atoms with Crippen molar-refractivity contribution in [3.8, 4) is 44.5 Å². The molecule has 2 heteroatoms. The van der Waals surface area contributed by atoms with Gasteiger partial charge in [-0.3, -0.25) is 0 Å². The van der Waals surface area contributed by atoms with Gasteiger partial charge < -0.3 is 4.42 Å². The maximum absolute atomic E-state index is 13.3. The van der Waals surface area contributed by atoms with Crippen LogP contribution < -0.4 is 5.63 Å². The quantitative estimate of drug-likeness (QED) is 0.178. The molecule has 0 bridgehead atoms. The van der Waals surface area contributed by atoms with Crippen molar-refractivity contribution in [1.29, 1.82) is 0 Å². The predicted molar refractivity (Wildman–Crippen MR) is 162 cm³/mol. The van der Waals surface area contributed by atoms with E-state index in [2.05, 4.69) is 84.9 Å². The van der Waals surface area contributed by atoms with Crippen LogP contribution in [0.15, 0.2) is 155 Å². The molecule has 0 atom stereocenters. The lowest BCUT2D eigenvalue weighted by molar-refractivity contribution is 0.570. The van der Waals surface area contributed by atoms with Crippen LogP contribution in [0.5, 0.6) is 0 Å². The highest BCUT2D eigenvalue weighted by Crippen LogP contribution is 2.35. The van der Waals surface area contributed by atoms with E-state index < -0.39 is 0 Å². The monoisotopic (exact) mass is 500 g/mol. The van der Waals surface area contributed by atoms with E-state index in [1.165, 1.54) is 11.1 Å². The molecule has 0 saturated carbocycles. The van der Waals surface area contributed by atoms with Gasteiger partial charge in [0.25, 0.3) is 0 Å². The first-order valence-corrected chi connectivity index (χ1v) is 13.1. The van der Waals surface area contributed by atoms with Gasteiger partial charge in [0, 0.05) is 10.8 Å². The molecule has 0 N–H and O–H groups in total. The highest BCUT2D eigenvalue weighted by molar-refractivity contribution is 6.10. The number of hydrogen-bond donors (Lipinski definition) is 0. The van der Waals surface area contributed by atoms with Crippen LogP contribution in [-0.2, 0) is 0 Å². The molecule has 6 aromatic carbocycles. The summed E-state index contributed by atoms with van der Waals surface area (Å²) in [5.74, 6) is 0. The Labute approximate surface area is 226 Å². The summed E-state index contributed by atoms with van der Waals surface area (Å²) in [6, 6.07) is 49.6. The highest BCUT2D eigenvalue weighted by Gasteiger charge is 2.14. The molecule has 0 amide bonds. The number of fused-ring (bicyclic) bond motifs is 3. The van der Waals surface area contributed by atoms with E-state index in [0.717, 1.165) is 44.2 Å². The second kappa shape index (κ2) is 9.59. The van der Waals surface area contributed by atoms with Gasteiger partial charge in [0.2, 0.25) is 0 Å². The molecule has 0 aliphatic carbocycles. The second-order valence-electron chi connectivity index (χ2n) is 9.72. The molecule has 39 heavy (non-hydrogen) atoms. The summed E-state index contributed by atoms with van der Waals surface area (Å²) < 4.78 is 5.88. The van der Waals surface area contributed by atoms with E-state index in [0.29, 0.717) is 11.0 Å². The summed E-state index contributed by atoms with van der Waals surface area (Å²) in [5.41, 5.74) is 8.91. The molecule has 0 saturated heterocycles. The normalized spacial score (nSPS) is 11.2. The Hall–Kier alpha value is -5.21.